The van der Waals surface area contributed by atoms with Crippen molar-refractivity contribution in [2.24, 2.45) is 0 Å². The van der Waals surface area contributed by atoms with E-state index in [1.807, 2.05) is 6.07 Å². The van der Waals surface area contributed by atoms with E-state index in [0.29, 0.717) is 5.69 Å². The van der Waals surface area contributed by atoms with Crippen molar-refractivity contribution in [1.29, 1.82) is 0 Å². The molecule has 2 N–H and O–H groups in total. The van der Waals surface area contributed by atoms with Crippen molar-refractivity contribution in [3.8, 4) is 0 Å². The van der Waals surface area contributed by atoms with Crippen molar-refractivity contribution in [3.63, 3.8) is 0 Å². The maximum atomic E-state index is 12.7. The third-order valence-electron chi connectivity index (χ3n) is 4.42. The minimum absolute atomic E-state index is 0.268. The van der Waals surface area contributed by atoms with Gasteiger partial charge in [0.05, 0.1) is 23.2 Å². The number of hydrogen-bond donors (Lipinski definition) is 2. The Morgan fingerprint density at radius 1 is 1.03 bits per heavy atom. The molecule has 0 aliphatic rings. The molecular weight excluding hydrogens is 543 g/mol. The quantitative estimate of drug-likeness (QED) is 0.409. The Labute approximate surface area is 200 Å². The van der Waals surface area contributed by atoms with Crippen LogP contribution in [0.2, 0.25) is 0 Å². The Kier molecular flexibility index (Phi) is 7.80. The van der Waals surface area contributed by atoms with E-state index in [9.17, 15) is 18.0 Å². The normalized spacial score (nSPS) is 10.9. The first kappa shape index (κ1) is 23.7. The molecule has 0 saturated carbocycles. The van der Waals surface area contributed by atoms with Gasteiger partial charge in [-0.15, -0.1) is 0 Å². The summed E-state index contributed by atoms with van der Waals surface area (Å²) in [6, 6.07) is 16.9. The molecule has 1 aromatic heterocycles. The summed E-state index contributed by atoms with van der Waals surface area (Å²) in [6.45, 7) is -0.144. The molecular formula is C22H21IN4O4S. The fourth-order valence-corrected chi connectivity index (χ4v) is 4.11. The minimum atomic E-state index is -3.70. The second-order valence-electron chi connectivity index (χ2n) is 6.88. The topological polar surface area (TPSA) is 108 Å². The van der Waals surface area contributed by atoms with E-state index in [1.165, 1.54) is 0 Å². The number of para-hydroxylation sites is 1. The zero-order valence-electron chi connectivity index (χ0n) is 17.2. The van der Waals surface area contributed by atoms with Crippen LogP contribution < -0.4 is 14.9 Å². The largest absolute Gasteiger partial charge is 0.348 e. The maximum Gasteiger partial charge on any atom is 0.253 e. The average molecular weight is 564 g/mol. The lowest BCUT2D eigenvalue weighted by Gasteiger charge is -2.22. The van der Waals surface area contributed by atoms with Gasteiger partial charge in [-0.1, -0.05) is 18.2 Å². The molecule has 10 heteroatoms. The van der Waals surface area contributed by atoms with E-state index in [-0.39, 0.29) is 23.7 Å². The summed E-state index contributed by atoms with van der Waals surface area (Å²) in [5.74, 6) is -0.941. The predicted molar refractivity (Wildman–Crippen MR) is 132 cm³/mol. The summed E-state index contributed by atoms with van der Waals surface area (Å²) in [5.41, 5.74) is 1.77. The molecule has 166 valence electrons. The summed E-state index contributed by atoms with van der Waals surface area (Å²) in [4.78, 5) is 29.4. The number of rotatable bonds is 8. The smallest absolute Gasteiger partial charge is 0.253 e. The maximum absolute atomic E-state index is 12.7. The molecule has 2 aromatic carbocycles. The van der Waals surface area contributed by atoms with Crippen LogP contribution in [0.25, 0.3) is 0 Å². The van der Waals surface area contributed by atoms with E-state index < -0.39 is 22.5 Å². The van der Waals surface area contributed by atoms with E-state index in [2.05, 4.69) is 38.2 Å². The molecule has 3 rings (SSSR count). The third kappa shape index (κ3) is 6.50. The van der Waals surface area contributed by atoms with Gasteiger partial charge in [-0.25, -0.2) is 8.42 Å². The zero-order valence-corrected chi connectivity index (χ0v) is 20.1. The highest BCUT2D eigenvalue weighted by atomic mass is 127. The molecule has 8 nitrogen and oxygen atoms in total. The highest BCUT2D eigenvalue weighted by Gasteiger charge is 2.22. The summed E-state index contributed by atoms with van der Waals surface area (Å²) in [5, 5.41) is 5.44. The Bertz CT molecular complexity index is 1200. The summed E-state index contributed by atoms with van der Waals surface area (Å²) >= 11 is 2.11. The molecule has 1 heterocycles. The van der Waals surface area contributed by atoms with Crippen LogP contribution in [-0.4, -0.2) is 38.0 Å². The van der Waals surface area contributed by atoms with Gasteiger partial charge in [0.1, 0.15) is 6.54 Å². The van der Waals surface area contributed by atoms with Crippen LogP contribution >= 0.6 is 22.6 Å². The number of nitrogens with one attached hydrogen (secondary N) is 2. The number of pyridine rings is 1. The van der Waals surface area contributed by atoms with E-state index in [4.69, 9.17) is 0 Å². The van der Waals surface area contributed by atoms with Gasteiger partial charge in [0.25, 0.3) is 5.91 Å². The number of amides is 2. The molecule has 0 unspecified atom stereocenters. The van der Waals surface area contributed by atoms with Gasteiger partial charge in [-0.05, 0) is 70.6 Å². The van der Waals surface area contributed by atoms with Crippen molar-refractivity contribution in [2.75, 3.05) is 22.4 Å². The van der Waals surface area contributed by atoms with Crippen LogP contribution in [0.15, 0.2) is 73.1 Å². The highest BCUT2D eigenvalue weighted by molar-refractivity contribution is 14.1. The number of halogens is 1. The van der Waals surface area contributed by atoms with Crippen molar-refractivity contribution < 1.29 is 18.0 Å². The molecule has 2 amide bonds. The van der Waals surface area contributed by atoms with Crippen molar-refractivity contribution in [3.05, 3.63) is 87.8 Å². The first-order valence-electron chi connectivity index (χ1n) is 9.53. The molecule has 0 aliphatic heterocycles. The van der Waals surface area contributed by atoms with Gasteiger partial charge in [0, 0.05) is 22.5 Å². The van der Waals surface area contributed by atoms with Crippen LogP contribution in [0.5, 0.6) is 0 Å². The number of nitrogens with zero attached hydrogens (tertiary/aromatic N) is 2. The SMILES string of the molecule is CS(=O)(=O)N(CC(=O)Nc1ccccc1C(=O)NCc1cccnc1)c1ccc(I)cc1. The number of anilines is 2. The molecule has 0 spiro atoms. The Balaban J connectivity index is 1.73. The highest BCUT2D eigenvalue weighted by Crippen LogP contribution is 2.20. The third-order valence-corrected chi connectivity index (χ3v) is 6.28. The molecule has 0 atom stereocenters. The first-order valence-corrected chi connectivity index (χ1v) is 12.5. The van der Waals surface area contributed by atoms with Crippen molar-refractivity contribution >= 4 is 55.8 Å². The lowest BCUT2D eigenvalue weighted by molar-refractivity contribution is -0.114. The second-order valence-corrected chi connectivity index (χ2v) is 10.0. The van der Waals surface area contributed by atoms with Crippen LogP contribution in [0.4, 0.5) is 11.4 Å². The van der Waals surface area contributed by atoms with E-state index >= 15 is 0 Å². The number of sulfonamides is 1. The fourth-order valence-electron chi connectivity index (χ4n) is 2.90. The molecule has 0 saturated heterocycles. The Morgan fingerprint density at radius 3 is 2.41 bits per heavy atom. The second kappa shape index (κ2) is 10.6. The standard InChI is InChI=1S/C22H21IN4O4S/c1-32(30,31)27(18-10-8-17(23)9-11-18)15-21(28)26-20-7-3-2-6-19(20)22(29)25-14-16-5-4-12-24-13-16/h2-13H,14-15H2,1H3,(H,25,29)(H,26,28). The van der Waals surface area contributed by atoms with Gasteiger partial charge in [0.2, 0.25) is 15.9 Å². The summed E-state index contributed by atoms with van der Waals surface area (Å²) in [6.07, 6.45) is 4.34. The van der Waals surface area contributed by atoms with Crippen molar-refractivity contribution in [1.82, 2.24) is 10.3 Å². The molecule has 0 bridgehead atoms. The number of carbonyl (C=O) groups excluding carboxylic acids is 2. The number of hydrogen-bond acceptors (Lipinski definition) is 5. The van der Waals surface area contributed by atoms with Gasteiger partial charge in [-0.2, -0.15) is 0 Å². The van der Waals surface area contributed by atoms with Crippen LogP contribution in [0, 0.1) is 3.57 Å². The van der Waals surface area contributed by atoms with E-state index in [1.54, 1.807) is 67.0 Å². The predicted octanol–water partition coefficient (Wildman–Crippen LogP) is 3.02. The summed E-state index contributed by atoms with van der Waals surface area (Å²) < 4.78 is 26.5. The number of carbonyl (C=O) groups is 2. The minimum Gasteiger partial charge on any atom is -0.348 e. The molecule has 3 aromatic rings. The Hall–Kier alpha value is -2.99. The van der Waals surface area contributed by atoms with Gasteiger partial charge < -0.3 is 10.6 Å². The fraction of sp³-hybridized carbons (Fsp3) is 0.136. The zero-order chi connectivity index (χ0) is 23.1. The van der Waals surface area contributed by atoms with Gasteiger partial charge >= 0.3 is 0 Å². The van der Waals surface area contributed by atoms with Crippen LogP contribution in [0.1, 0.15) is 15.9 Å². The van der Waals surface area contributed by atoms with Crippen molar-refractivity contribution in [2.45, 2.75) is 6.54 Å². The molecule has 0 fully saturated rings. The molecule has 32 heavy (non-hydrogen) atoms. The first-order chi connectivity index (χ1) is 15.2. The average Bonchev–Trinajstić information content (AvgIpc) is 2.77. The van der Waals surface area contributed by atoms with Gasteiger partial charge in [0.15, 0.2) is 0 Å². The van der Waals surface area contributed by atoms with Gasteiger partial charge in [-0.3, -0.25) is 18.9 Å². The van der Waals surface area contributed by atoms with E-state index in [0.717, 1.165) is 19.7 Å². The van der Waals surface area contributed by atoms with Crippen LogP contribution in [0.3, 0.4) is 0 Å². The number of benzene rings is 2. The Morgan fingerprint density at radius 2 is 1.75 bits per heavy atom. The molecule has 0 aliphatic carbocycles. The monoisotopic (exact) mass is 564 g/mol. The number of aromatic nitrogens is 1. The molecule has 0 radical (unpaired) electrons. The van der Waals surface area contributed by atoms with Crippen LogP contribution in [-0.2, 0) is 21.4 Å². The lowest BCUT2D eigenvalue weighted by atomic mass is 10.1. The lowest BCUT2D eigenvalue weighted by Crippen LogP contribution is -2.37. The summed E-state index contributed by atoms with van der Waals surface area (Å²) in [7, 11) is -3.70.